The fraction of sp³-hybridized carbons (Fsp3) is 0.312. The lowest BCUT2D eigenvalue weighted by Gasteiger charge is -2.14. The quantitative estimate of drug-likeness (QED) is 0.939. The molecule has 2 atom stereocenters. The van der Waals surface area contributed by atoms with Crippen LogP contribution in [0.1, 0.15) is 30.0 Å². The van der Waals surface area contributed by atoms with Crippen LogP contribution in [0.4, 0.5) is 0 Å². The van der Waals surface area contributed by atoms with Gasteiger partial charge in [0.25, 0.3) is 0 Å². The maximum absolute atomic E-state index is 12.3. The zero-order valence-corrected chi connectivity index (χ0v) is 12.4. The number of hydrogen-bond donors (Lipinski definition) is 1. The highest BCUT2D eigenvalue weighted by molar-refractivity contribution is 8.01. The molecule has 0 saturated carbocycles. The summed E-state index contributed by atoms with van der Waals surface area (Å²) in [5, 5.41) is 3.00. The molecule has 3 nitrogen and oxygen atoms in total. The Hall–Kier alpha value is -1.68. The number of fused-ring (bicyclic) bond motifs is 1. The molecule has 0 bridgehead atoms. The Morgan fingerprint density at radius 3 is 2.85 bits per heavy atom. The summed E-state index contributed by atoms with van der Waals surface area (Å²) in [5.41, 5.74) is 1.26. The van der Waals surface area contributed by atoms with E-state index >= 15 is 0 Å². The Labute approximate surface area is 122 Å². The van der Waals surface area contributed by atoms with Crippen LogP contribution in [0, 0.1) is 6.92 Å². The standard InChI is InChI=1S/C16H17NO2S/c1-10-7-8-13(19-10)11(2)17-16(18)15-9-12-5-3-4-6-14(12)20-15/h3-8,11,15H,9H2,1-2H3,(H,17,18)/t11-,15-/m0/s1. The zero-order valence-electron chi connectivity index (χ0n) is 11.6. The highest BCUT2D eigenvalue weighted by Crippen LogP contribution is 2.37. The van der Waals surface area contributed by atoms with Gasteiger partial charge in [0.2, 0.25) is 5.91 Å². The van der Waals surface area contributed by atoms with Crippen molar-refractivity contribution in [2.75, 3.05) is 0 Å². The Morgan fingerprint density at radius 1 is 1.35 bits per heavy atom. The topological polar surface area (TPSA) is 42.2 Å². The van der Waals surface area contributed by atoms with E-state index in [4.69, 9.17) is 4.42 Å². The summed E-state index contributed by atoms with van der Waals surface area (Å²) in [4.78, 5) is 13.5. The first-order chi connectivity index (χ1) is 9.63. The molecule has 1 amide bonds. The summed E-state index contributed by atoms with van der Waals surface area (Å²) in [7, 11) is 0. The Morgan fingerprint density at radius 2 is 2.15 bits per heavy atom. The van der Waals surface area contributed by atoms with Crippen LogP contribution in [0.25, 0.3) is 0 Å². The number of thioether (sulfide) groups is 1. The van der Waals surface area contributed by atoms with Crippen molar-refractivity contribution in [3.05, 3.63) is 53.5 Å². The van der Waals surface area contributed by atoms with Crippen molar-refractivity contribution >= 4 is 17.7 Å². The van der Waals surface area contributed by atoms with E-state index in [9.17, 15) is 4.79 Å². The van der Waals surface area contributed by atoms with Crippen LogP contribution in [0.5, 0.6) is 0 Å². The highest BCUT2D eigenvalue weighted by atomic mass is 32.2. The van der Waals surface area contributed by atoms with Crippen LogP contribution in [-0.4, -0.2) is 11.2 Å². The SMILES string of the molecule is Cc1ccc([C@H](C)NC(=O)[C@@H]2Cc3ccccc3S2)o1. The van der Waals surface area contributed by atoms with Crippen LogP contribution in [-0.2, 0) is 11.2 Å². The molecule has 2 heterocycles. The first kappa shape index (κ1) is 13.3. The lowest BCUT2D eigenvalue weighted by Crippen LogP contribution is -2.34. The molecule has 0 radical (unpaired) electrons. The highest BCUT2D eigenvalue weighted by Gasteiger charge is 2.29. The van der Waals surface area contributed by atoms with Gasteiger partial charge in [-0.25, -0.2) is 0 Å². The Kier molecular flexibility index (Phi) is 3.57. The van der Waals surface area contributed by atoms with Crippen molar-refractivity contribution in [2.24, 2.45) is 0 Å². The smallest absolute Gasteiger partial charge is 0.234 e. The monoisotopic (exact) mass is 287 g/mol. The molecular weight excluding hydrogens is 270 g/mol. The number of carbonyl (C=O) groups excluding carboxylic acids is 1. The van der Waals surface area contributed by atoms with Gasteiger partial charge in [0, 0.05) is 4.90 Å². The minimum absolute atomic E-state index is 0.0362. The molecule has 0 aliphatic carbocycles. The van der Waals surface area contributed by atoms with Crippen molar-refractivity contribution < 1.29 is 9.21 Å². The van der Waals surface area contributed by atoms with E-state index in [1.807, 2.05) is 38.1 Å². The number of rotatable bonds is 3. The van der Waals surface area contributed by atoms with E-state index in [1.165, 1.54) is 10.5 Å². The number of nitrogens with one attached hydrogen (secondary N) is 1. The van der Waals surface area contributed by atoms with Crippen molar-refractivity contribution in [3.63, 3.8) is 0 Å². The molecule has 2 aromatic rings. The third-order valence-corrected chi connectivity index (χ3v) is 4.80. The third kappa shape index (κ3) is 2.61. The van der Waals surface area contributed by atoms with Gasteiger partial charge in [-0.3, -0.25) is 4.79 Å². The molecule has 104 valence electrons. The average Bonchev–Trinajstić information content (AvgIpc) is 3.04. The third-order valence-electron chi connectivity index (χ3n) is 3.49. The van der Waals surface area contributed by atoms with Gasteiger partial charge in [0.1, 0.15) is 11.5 Å². The predicted molar refractivity (Wildman–Crippen MR) is 79.8 cm³/mol. The molecule has 0 saturated heterocycles. The van der Waals surface area contributed by atoms with Gasteiger partial charge in [0.05, 0.1) is 11.3 Å². The normalized spacial score (nSPS) is 18.6. The van der Waals surface area contributed by atoms with E-state index in [0.29, 0.717) is 0 Å². The average molecular weight is 287 g/mol. The number of amides is 1. The lowest BCUT2D eigenvalue weighted by atomic mass is 10.1. The van der Waals surface area contributed by atoms with Gasteiger partial charge < -0.3 is 9.73 Å². The van der Waals surface area contributed by atoms with Crippen LogP contribution in [0.15, 0.2) is 45.7 Å². The second-order valence-corrected chi connectivity index (χ2v) is 6.34. The molecule has 1 N–H and O–H groups in total. The van der Waals surface area contributed by atoms with Crippen LogP contribution >= 0.6 is 11.8 Å². The fourth-order valence-corrected chi connectivity index (χ4v) is 3.60. The zero-order chi connectivity index (χ0) is 14.1. The summed E-state index contributed by atoms with van der Waals surface area (Å²) in [6.07, 6.45) is 0.802. The van der Waals surface area contributed by atoms with E-state index in [1.54, 1.807) is 11.8 Å². The van der Waals surface area contributed by atoms with Gasteiger partial charge in [-0.05, 0) is 44.0 Å². The molecule has 1 aromatic heterocycles. The van der Waals surface area contributed by atoms with E-state index in [2.05, 4.69) is 17.4 Å². The summed E-state index contributed by atoms with van der Waals surface area (Å²) < 4.78 is 5.55. The van der Waals surface area contributed by atoms with Gasteiger partial charge in [0.15, 0.2) is 0 Å². The van der Waals surface area contributed by atoms with E-state index in [-0.39, 0.29) is 17.2 Å². The van der Waals surface area contributed by atoms with Gasteiger partial charge in [-0.1, -0.05) is 18.2 Å². The van der Waals surface area contributed by atoms with Crippen LogP contribution in [0.3, 0.4) is 0 Å². The molecule has 1 aliphatic heterocycles. The van der Waals surface area contributed by atoms with Crippen molar-refractivity contribution in [2.45, 2.75) is 36.5 Å². The lowest BCUT2D eigenvalue weighted by molar-refractivity contribution is -0.121. The van der Waals surface area contributed by atoms with Crippen molar-refractivity contribution in [1.29, 1.82) is 0 Å². The Bertz CT molecular complexity index is 610. The summed E-state index contributed by atoms with van der Waals surface area (Å²) in [6, 6.07) is 11.9. The van der Waals surface area contributed by atoms with Gasteiger partial charge in [-0.2, -0.15) is 0 Å². The summed E-state index contributed by atoms with van der Waals surface area (Å²) in [5.74, 6) is 1.74. The molecule has 0 unspecified atom stereocenters. The molecule has 0 spiro atoms. The predicted octanol–water partition coefficient (Wildman–Crippen LogP) is 3.48. The minimum atomic E-state index is -0.0967. The number of furan rings is 1. The Balaban J connectivity index is 1.64. The number of benzene rings is 1. The number of carbonyl (C=O) groups is 1. The molecule has 0 fully saturated rings. The van der Waals surface area contributed by atoms with Crippen molar-refractivity contribution in [3.8, 4) is 0 Å². The maximum Gasteiger partial charge on any atom is 0.234 e. The van der Waals surface area contributed by atoms with E-state index in [0.717, 1.165) is 17.9 Å². The molecular formula is C16H17NO2S. The molecule has 4 heteroatoms. The molecule has 1 aliphatic rings. The van der Waals surface area contributed by atoms with Gasteiger partial charge >= 0.3 is 0 Å². The second kappa shape index (κ2) is 5.37. The first-order valence-corrected chi connectivity index (χ1v) is 7.63. The summed E-state index contributed by atoms with van der Waals surface area (Å²) >= 11 is 1.64. The largest absolute Gasteiger partial charge is 0.464 e. The first-order valence-electron chi connectivity index (χ1n) is 6.75. The molecule has 20 heavy (non-hydrogen) atoms. The van der Waals surface area contributed by atoms with Gasteiger partial charge in [-0.15, -0.1) is 11.8 Å². The maximum atomic E-state index is 12.3. The molecule has 1 aromatic carbocycles. The van der Waals surface area contributed by atoms with Crippen LogP contribution < -0.4 is 5.32 Å². The molecule has 3 rings (SSSR count). The fourth-order valence-electron chi connectivity index (χ4n) is 2.39. The van der Waals surface area contributed by atoms with E-state index < -0.39 is 0 Å². The summed E-state index contributed by atoms with van der Waals surface area (Å²) in [6.45, 7) is 3.85. The van der Waals surface area contributed by atoms with Crippen molar-refractivity contribution in [1.82, 2.24) is 5.32 Å². The van der Waals surface area contributed by atoms with Crippen LogP contribution in [0.2, 0.25) is 0 Å². The number of aryl methyl sites for hydroxylation is 1. The number of hydrogen-bond acceptors (Lipinski definition) is 3. The second-order valence-electron chi connectivity index (χ2n) is 5.10. The minimum Gasteiger partial charge on any atom is -0.464 e.